The van der Waals surface area contributed by atoms with Gasteiger partial charge in [-0.3, -0.25) is 4.99 Å². The summed E-state index contributed by atoms with van der Waals surface area (Å²) in [5.41, 5.74) is 1.74. The van der Waals surface area contributed by atoms with Crippen LogP contribution in [0, 0.1) is 0 Å². The number of methoxy groups -OCH3 is 3. The first-order valence-electron chi connectivity index (χ1n) is 9.54. The van der Waals surface area contributed by atoms with Crippen molar-refractivity contribution >= 4 is 29.9 Å². The van der Waals surface area contributed by atoms with Crippen molar-refractivity contribution in [3.05, 3.63) is 53.6 Å². The van der Waals surface area contributed by atoms with Crippen LogP contribution >= 0.6 is 24.0 Å². The van der Waals surface area contributed by atoms with Gasteiger partial charge in [0.05, 0.1) is 34.0 Å². The first-order chi connectivity index (χ1) is 14.0. The van der Waals surface area contributed by atoms with E-state index >= 15 is 0 Å². The van der Waals surface area contributed by atoms with E-state index in [0.717, 1.165) is 17.9 Å². The summed E-state index contributed by atoms with van der Waals surface area (Å²) in [7, 11) is 6.78. The van der Waals surface area contributed by atoms with Gasteiger partial charge >= 0.3 is 0 Å². The molecule has 0 heterocycles. The normalized spacial score (nSPS) is 11.9. The number of nitrogens with one attached hydrogen (secondary N) is 1. The van der Waals surface area contributed by atoms with Gasteiger partial charge in [-0.05, 0) is 30.7 Å². The Morgan fingerprint density at radius 1 is 1.07 bits per heavy atom. The molecule has 2 aromatic carbocycles. The van der Waals surface area contributed by atoms with Crippen LogP contribution in [0.1, 0.15) is 24.2 Å². The summed E-state index contributed by atoms with van der Waals surface area (Å²) in [6, 6.07) is 13.2. The number of para-hydroxylation sites is 1. The van der Waals surface area contributed by atoms with Crippen LogP contribution in [0.3, 0.4) is 0 Å². The lowest BCUT2D eigenvalue weighted by Crippen LogP contribution is -2.38. The number of halogens is 1. The smallest absolute Gasteiger partial charge is 0.194 e. The first kappa shape index (κ1) is 25.8. The number of ether oxygens (including phenoxy) is 3. The highest BCUT2D eigenvalue weighted by molar-refractivity contribution is 14.0. The van der Waals surface area contributed by atoms with Gasteiger partial charge in [-0.1, -0.05) is 18.2 Å². The second-order valence-electron chi connectivity index (χ2n) is 6.52. The lowest BCUT2D eigenvalue weighted by Gasteiger charge is -2.23. The van der Waals surface area contributed by atoms with Crippen molar-refractivity contribution in [2.45, 2.75) is 19.6 Å². The molecule has 0 saturated carbocycles. The molecule has 1 atom stereocenters. The van der Waals surface area contributed by atoms with E-state index in [0.29, 0.717) is 29.6 Å². The molecule has 0 aliphatic heterocycles. The summed E-state index contributed by atoms with van der Waals surface area (Å²) in [6.07, 6.45) is -0.785. The van der Waals surface area contributed by atoms with Gasteiger partial charge in [-0.15, -0.1) is 24.0 Å². The lowest BCUT2D eigenvalue weighted by atomic mass is 10.1. The number of benzene rings is 2. The van der Waals surface area contributed by atoms with Crippen molar-refractivity contribution in [2.75, 3.05) is 41.5 Å². The van der Waals surface area contributed by atoms with Crippen LogP contribution in [0.15, 0.2) is 47.5 Å². The summed E-state index contributed by atoms with van der Waals surface area (Å²) in [5, 5.41) is 13.9. The molecule has 0 bridgehead atoms. The Morgan fingerprint density at radius 2 is 1.70 bits per heavy atom. The highest BCUT2D eigenvalue weighted by atomic mass is 127. The summed E-state index contributed by atoms with van der Waals surface area (Å²) in [4.78, 5) is 6.61. The van der Waals surface area contributed by atoms with Gasteiger partial charge < -0.3 is 29.5 Å². The van der Waals surface area contributed by atoms with Crippen LogP contribution < -0.4 is 19.5 Å². The fourth-order valence-electron chi connectivity index (χ4n) is 2.93. The molecule has 8 heteroatoms. The number of aliphatic hydroxyl groups is 1. The van der Waals surface area contributed by atoms with Crippen molar-refractivity contribution in [3.63, 3.8) is 0 Å². The van der Waals surface area contributed by atoms with Crippen molar-refractivity contribution in [3.8, 4) is 17.2 Å². The van der Waals surface area contributed by atoms with E-state index in [4.69, 9.17) is 14.2 Å². The first-order valence-corrected chi connectivity index (χ1v) is 9.54. The molecule has 7 nitrogen and oxygen atoms in total. The minimum absolute atomic E-state index is 0. The van der Waals surface area contributed by atoms with Crippen molar-refractivity contribution in [1.29, 1.82) is 0 Å². The van der Waals surface area contributed by atoms with Gasteiger partial charge in [0.15, 0.2) is 5.96 Å². The molecule has 2 aromatic rings. The topological polar surface area (TPSA) is 75.6 Å². The van der Waals surface area contributed by atoms with Gasteiger partial charge in [0.2, 0.25) is 0 Å². The van der Waals surface area contributed by atoms with Gasteiger partial charge in [-0.2, -0.15) is 0 Å². The molecule has 166 valence electrons. The molecule has 0 aliphatic rings. The maximum Gasteiger partial charge on any atom is 0.194 e. The van der Waals surface area contributed by atoms with Gasteiger partial charge in [-0.25, -0.2) is 0 Å². The third kappa shape index (κ3) is 7.24. The van der Waals surface area contributed by atoms with Gasteiger partial charge in [0, 0.05) is 31.8 Å². The molecule has 2 N–H and O–H groups in total. The SMILES string of the molecule is CCNC(=NCC(O)c1cc(OC)cc(OC)c1)N(C)Cc1ccccc1OC.I. The Morgan fingerprint density at radius 3 is 2.27 bits per heavy atom. The summed E-state index contributed by atoms with van der Waals surface area (Å²) >= 11 is 0. The fraction of sp³-hybridized carbons (Fsp3) is 0.409. The maximum atomic E-state index is 10.6. The number of aliphatic hydroxyl groups excluding tert-OH is 1. The van der Waals surface area contributed by atoms with Crippen LogP contribution in [-0.2, 0) is 6.54 Å². The molecule has 0 spiro atoms. The van der Waals surface area contributed by atoms with E-state index in [-0.39, 0.29) is 30.5 Å². The quantitative estimate of drug-likeness (QED) is 0.295. The predicted molar refractivity (Wildman–Crippen MR) is 130 cm³/mol. The zero-order valence-electron chi connectivity index (χ0n) is 18.2. The molecule has 1 unspecified atom stereocenters. The second kappa shape index (κ2) is 13.2. The van der Waals surface area contributed by atoms with Crippen LogP contribution in [0.5, 0.6) is 17.2 Å². The van der Waals surface area contributed by atoms with E-state index in [1.807, 2.05) is 43.1 Å². The number of aliphatic imine (C=N–C) groups is 1. The number of hydrogen-bond donors (Lipinski definition) is 2. The highest BCUT2D eigenvalue weighted by Gasteiger charge is 2.14. The van der Waals surface area contributed by atoms with Crippen LogP contribution in [0.2, 0.25) is 0 Å². The standard InChI is InChI=1S/C22H31N3O4.HI/c1-6-23-22(25(2)15-16-9-7-8-10-21(16)29-5)24-14-20(26)17-11-18(27-3)13-19(12-17)28-4;/h7-13,20,26H,6,14-15H2,1-5H3,(H,23,24);1H. The Labute approximate surface area is 196 Å². The molecular formula is C22H32IN3O4. The van der Waals surface area contributed by atoms with Crippen LogP contribution in [0.4, 0.5) is 0 Å². The lowest BCUT2D eigenvalue weighted by molar-refractivity contribution is 0.185. The average molecular weight is 529 g/mol. The second-order valence-corrected chi connectivity index (χ2v) is 6.52. The average Bonchev–Trinajstić information content (AvgIpc) is 2.76. The van der Waals surface area contributed by atoms with Crippen molar-refractivity contribution < 1.29 is 19.3 Å². The molecule has 0 amide bonds. The van der Waals surface area contributed by atoms with Gasteiger partial charge in [0.1, 0.15) is 17.2 Å². The molecular weight excluding hydrogens is 497 g/mol. The summed E-state index contributed by atoms with van der Waals surface area (Å²) in [5.74, 6) is 2.79. The zero-order valence-corrected chi connectivity index (χ0v) is 20.5. The monoisotopic (exact) mass is 529 g/mol. The molecule has 30 heavy (non-hydrogen) atoms. The van der Waals surface area contributed by atoms with E-state index < -0.39 is 6.10 Å². The van der Waals surface area contributed by atoms with E-state index in [1.165, 1.54) is 0 Å². The molecule has 0 aromatic heterocycles. The maximum absolute atomic E-state index is 10.6. The van der Waals surface area contributed by atoms with Crippen molar-refractivity contribution in [2.24, 2.45) is 4.99 Å². The van der Waals surface area contributed by atoms with Crippen molar-refractivity contribution in [1.82, 2.24) is 10.2 Å². The largest absolute Gasteiger partial charge is 0.497 e. The van der Waals surface area contributed by atoms with Crippen LogP contribution in [-0.4, -0.2) is 57.4 Å². The Bertz CT molecular complexity index is 794. The minimum atomic E-state index is -0.785. The zero-order chi connectivity index (χ0) is 21.2. The Kier molecular flexibility index (Phi) is 11.3. The molecule has 0 radical (unpaired) electrons. The van der Waals surface area contributed by atoms with Crippen LogP contribution in [0.25, 0.3) is 0 Å². The molecule has 0 saturated heterocycles. The number of guanidine groups is 1. The summed E-state index contributed by atoms with van der Waals surface area (Å²) < 4.78 is 16.0. The van der Waals surface area contributed by atoms with E-state index in [2.05, 4.69) is 10.3 Å². The third-order valence-corrected chi connectivity index (χ3v) is 4.47. The Balaban J connectivity index is 0.00000450. The number of hydrogen-bond acceptors (Lipinski definition) is 5. The molecule has 0 aliphatic carbocycles. The minimum Gasteiger partial charge on any atom is -0.497 e. The number of rotatable bonds is 9. The molecule has 2 rings (SSSR count). The predicted octanol–water partition coefficient (Wildman–Crippen LogP) is 3.46. The van der Waals surface area contributed by atoms with Gasteiger partial charge in [0.25, 0.3) is 0 Å². The van der Waals surface area contributed by atoms with E-state index in [1.54, 1.807) is 39.5 Å². The molecule has 0 fully saturated rings. The van der Waals surface area contributed by atoms with E-state index in [9.17, 15) is 5.11 Å². The third-order valence-electron chi connectivity index (χ3n) is 4.47. The fourth-order valence-corrected chi connectivity index (χ4v) is 2.93. The number of nitrogens with zero attached hydrogens (tertiary/aromatic N) is 2. The summed E-state index contributed by atoms with van der Waals surface area (Å²) in [6.45, 7) is 3.56. The highest BCUT2D eigenvalue weighted by Crippen LogP contribution is 2.26. The Hall–Kier alpha value is -2.20.